The second-order valence-corrected chi connectivity index (χ2v) is 5.07. The fraction of sp³-hybridized carbons (Fsp3) is 0.294. The minimum Gasteiger partial charge on any atom is -0.478 e. The first-order valence-corrected chi connectivity index (χ1v) is 7.66. The van der Waals surface area contributed by atoms with Crippen molar-refractivity contribution in [2.45, 2.75) is 20.3 Å². The molecule has 2 unspecified atom stereocenters. The Morgan fingerprint density at radius 3 is 1.39 bits per heavy atom. The van der Waals surface area contributed by atoms with E-state index in [1.54, 1.807) is 6.92 Å². The molecular formula is C17H21NO10. The SMILES string of the molecule is CC=CCC1C(=O)NC(=O)C1C.O=C(O)/C=C\C(=O)O.O=C(O)/C=C\C(=O)O. The fourth-order valence-corrected chi connectivity index (χ4v) is 1.62. The molecule has 28 heavy (non-hydrogen) atoms. The molecule has 1 saturated heterocycles. The summed E-state index contributed by atoms with van der Waals surface area (Å²) in [4.78, 5) is 60.4. The largest absolute Gasteiger partial charge is 0.478 e. The van der Waals surface area contributed by atoms with Gasteiger partial charge in [-0.1, -0.05) is 19.1 Å². The summed E-state index contributed by atoms with van der Waals surface area (Å²) >= 11 is 0. The Hall–Kier alpha value is -3.76. The van der Waals surface area contributed by atoms with Gasteiger partial charge in [-0.05, 0) is 13.3 Å². The molecule has 11 heteroatoms. The van der Waals surface area contributed by atoms with Crippen LogP contribution in [0.4, 0.5) is 0 Å². The zero-order valence-corrected chi connectivity index (χ0v) is 15.1. The van der Waals surface area contributed by atoms with Crippen molar-refractivity contribution in [3.05, 3.63) is 36.5 Å². The molecule has 0 aromatic rings. The van der Waals surface area contributed by atoms with Gasteiger partial charge in [0.2, 0.25) is 11.8 Å². The zero-order chi connectivity index (χ0) is 22.3. The van der Waals surface area contributed by atoms with Gasteiger partial charge in [0.15, 0.2) is 0 Å². The number of carbonyl (C=O) groups is 6. The highest BCUT2D eigenvalue weighted by Crippen LogP contribution is 2.22. The summed E-state index contributed by atoms with van der Waals surface area (Å²) in [5, 5.41) is 33.6. The summed E-state index contributed by atoms with van der Waals surface area (Å²) in [5.41, 5.74) is 0. The Kier molecular flexibility index (Phi) is 13.6. The zero-order valence-electron chi connectivity index (χ0n) is 15.1. The molecule has 1 aliphatic heterocycles. The molecule has 2 atom stereocenters. The molecular weight excluding hydrogens is 378 g/mol. The van der Waals surface area contributed by atoms with Crippen LogP contribution in [0.15, 0.2) is 36.5 Å². The van der Waals surface area contributed by atoms with Gasteiger partial charge in [0.05, 0.1) is 5.92 Å². The third-order valence-corrected chi connectivity index (χ3v) is 2.96. The van der Waals surface area contributed by atoms with Crippen LogP contribution in [0, 0.1) is 11.8 Å². The number of hydrogen-bond donors (Lipinski definition) is 5. The number of nitrogens with one attached hydrogen (secondary N) is 1. The summed E-state index contributed by atoms with van der Waals surface area (Å²) in [6.45, 7) is 3.69. The predicted octanol–water partition coefficient (Wildman–Crippen LogP) is 0.285. The number of carboxylic acids is 4. The van der Waals surface area contributed by atoms with Crippen LogP contribution < -0.4 is 5.32 Å². The van der Waals surface area contributed by atoms with Gasteiger partial charge in [0.1, 0.15) is 0 Å². The second-order valence-electron chi connectivity index (χ2n) is 5.07. The van der Waals surface area contributed by atoms with E-state index in [1.165, 1.54) is 0 Å². The van der Waals surface area contributed by atoms with Crippen LogP contribution in [0.1, 0.15) is 20.3 Å². The van der Waals surface area contributed by atoms with Crippen molar-refractivity contribution >= 4 is 35.7 Å². The number of carbonyl (C=O) groups excluding carboxylic acids is 2. The van der Waals surface area contributed by atoms with Crippen molar-refractivity contribution < 1.29 is 49.2 Å². The minimum absolute atomic E-state index is 0.134. The van der Waals surface area contributed by atoms with E-state index in [0.29, 0.717) is 30.7 Å². The van der Waals surface area contributed by atoms with E-state index in [0.717, 1.165) is 0 Å². The van der Waals surface area contributed by atoms with Gasteiger partial charge in [0, 0.05) is 30.2 Å². The molecule has 11 nitrogen and oxygen atoms in total. The summed E-state index contributed by atoms with van der Waals surface area (Å²) in [5.74, 6) is -5.64. The topological polar surface area (TPSA) is 195 Å². The molecule has 1 aliphatic rings. The average Bonchev–Trinajstić information content (AvgIpc) is 2.83. The van der Waals surface area contributed by atoms with E-state index < -0.39 is 23.9 Å². The molecule has 1 fully saturated rings. The lowest BCUT2D eigenvalue weighted by atomic mass is 9.93. The van der Waals surface area contributed by atoms with Gasteiger partial charge in [-0.25, -0.2) is 19.2 Å². The molecule has 0 bridgehead atoms. The number of rotatable bonds is 6. The van der Waals surface area contributed by atoms with Gasteiger partial charge in [-0.3, -0.25) is 14.9 Å². The van der Waals surface area contributed by atoms with Crippen LogP contribution >= 0.6 is 0 Å². The lowest BCUT2D eigenvalue weighted by Gasteiger charge is -2.06. The quantitative estimate of drug-likeness (QED) is 0.235. The van der Waals surface area contributed by atoms with Crippen molar-refractivity contribution in [3.8, 4) is 0 Å². The molecule has 0 saturated carbocycles. The minimum atomic E-state index is -1.26. The predicted molar refractivity (Wildman–Crippen MR) is 94.1 cm³/mol. The first kappa shape index (κ1) is 26.5. The molecule has 0 spiro atoms. The van der Waals surface area contributed by atoms with Crippen LogP contribution in [-0.4, -0.2) is 56.1 Å². The van der Waals surface area contributed by atoms with Crippen LogP contribution in [0.2, 0.25) is 0 Å². The number of amides is 2. The summed E-state index contributed by atoms with van der Waals surface area (Å²) < 4.78 is 0. The molecule has 5 N–H and O–H groups in total. The summed E-state index contributed by atoms with van der Waals surface area (Å²) in [6.07, 6.45) is 6.70. The number of aliphatic carboxylic acids is 4. The fourth-order valence-electron chi connectivity index (χ4n) is 1.62. The molecule has 1 heterocycles. The molecule has 0 aliphatic carbocycles. The Morgan fingerprint density at radius 1 is 0.821 bits per heavy atom. The Balaban J connectivity index is 0. The highest BCUT2D eigenvalue weighted by atomic mass is 16.4. The van der Waals surface area contributed by atoms with Gasteiger partial charge in [-0.15, -0.1) is 0 Å². The smallest absolute Gasteiger partial charge is 0.328 e. The number of allylic oxidation sites excluding steroid dienone is 2. The maximum atomic E-state index is 11.1. The number of hydrogen-bond acceptors (Lipinski definition) is 6. The number of imide groups is 1. The molecule has 2 amide bonds. The number of carboxylic acid groups (broad SMARTS) is 4. The van der Waals surface area contributed by atoms with Gasteiger partial charge in [0.25, 0.3) is 0 Å². The van der Waals surface area contributed by atoms with Crippen molar-refractivity contribution in [1.29, 1.82) is 0 Å². The maximum absolute atomic E-state index is 11.1. The van der Waals surface area contributed by atoms with Gasteiger partial charge in [-0.2, -0.15) is 0 Å². The molecule has 154 valence electrons. The molecule has 0 aromatic carbocycles. The summed E-state index contributed by atoms with van der Waals surface area (Å²) in [6, 6.07) is 0. The highest BCUT2D eigenvalue weighted by Gasteiger charge is 2.37. The molecule has 0 radical (unpaired) electrons. The van der Waals surface area contributed by atoms with Crippen molar-refractivity contribution in [3.63, 3.8) is 0 Å². The normalized spacial score (nSPS) is 18.2. The van der Waals surface area contributed by atoms with Gasteiger partial charge >= 0.3 is 23.9 Å². The lowest BCUT2D eigenvalue weighted by molar-refractivity contribution is -0.134. The maximum Gasteiger partial charge on any atom is 0.328 e. The summed E-state index contributed by atoms with van der Waals surface area (Å²) in [7, 11) is 0. The molecule has 1 rings (SSSR count). The lowest BCUT2D eigenvalue weighted by Crippen LogP contribution is -2.22. The van der Waals surface area contributed by atoms with Crippen molar-refractivity contribution in [1.82, 2.24) is 5.32 Å². The van der Waals surface area contributed by atoms with Crippen LogP contribution in [0.25, 0.3) is 0 Å². The first-order valence-electron chi connectivity index (χ1n) is 7.66. The average molecular weight is 399 g/mol. The van der Waals surface area contributed by atoms with E-state index in [2.05, 4.69) is 5.32 Å². The third-order valence-electron chi connectivity index (χ3n) is 2.96. The monoisotopic (exact) mass is 399 g/mol. The Morgan fingerprint density at radius 2 is 1.18 bits per heavy atom. The van der Waals surface area contributed by atoms with E-state index in [1.807, 2.05) is 19.1 Å². The van der Waals surface area contributed by atoms with Crippen LogP contribution in [0.3, 0.4) is 0 Å². The Labute approximate surface area is 159 Å². The van der Waals surface area contributed by atoms with Crippen LogP contribution in [0.5, 0.6) is 0 Å². The second kappa shape index (κ2) is 14.4. The van der Waals surface area contributed by atoms with E-state index >= 15 is 0 Å². The van der Waals surface area contributed by atoms with E-state index in [-0.39, 0.29) is 23.7 Å². The standard InChI is InChI=1S/C9H13NO2.2C4H4O4/c1-3-4-5-7-6(2)8(11)10-9(7)12;2*5-3(6)1-2-4(7)8/h3-4,6-7H,5H2,1-2H3,(H,10,11,12);2*1-2H,(H,5,6)(H,7,8)/b;2*2-1-. The molecule has 0 aromatic heterocycles. The Bertz CT molecular complexity index is 624. The van der Waals surface area contributed by atoms with Crippen molar-refractivity contribution in [2.75, 3.05) is 0 Å². The first-order chi connectivity index (χ1) is 12.9. The van der Waals surface area contributed by atoms with Crippen molar-refractivity contribution in [2.24, 2.45) is 11.8 Å². The van der Waals surface area contributed by atoms with Gasteiger partial charge < -0.3 is 20.4 Å². The van der Waals surface area contributed by atoms with E-state index in [4.69, 9.17) is 20.4 Å². The third kappa shape index (κ3) is 14.6. The van der Waals surface area contributed by atoms with Crippen LogP contribution in [-0.2, 0) is 28.8 Å². The van der Waals surface area contributed by atoms with E-state index in [9.17, 15) is 28.8 Å². The highest BCUT2D eigenvalue weighted by molar-refractivity contribution is 6.04.